The van der Waals surface area contributed by atoms with Crippen LogP contribution in [0.4, 0.5) is 10.1 Å². The number of nitriles is 1. The highest BCUT2D eigenvalue weighted by Crippen LogP contribution is 2.42. The molecule has 0 heterocycles. The van der Waals surface area contributed by atoms with Gasteiger partial charge in [-0.3, -0.25) is 0 Å². The first-order valence-electron chi connectivity index (χ1n) is 6.28. The van der Waals surface area contributed by atoms with E-state index < -0.39 is 0 Å². The van der Waals surface area contributed by atoms with Crippen molar-refractivity contribution in [3.8, 4) is 6.07 Å². The Hall–Kier alpha value is -2.34. The molecule has 2 nitrogen and oxygen atoms in total. The molecule has 0 aromatic heterocycles. The summed E-state index contributed by atoms with van der Waals surface area (Å²) in [6.45, 7) is 0. The smallest absolute Gasteiger partial charge is 0.126 e. The molecule has 0 aliphatic heterocycles. The highest BCUT2D eigenvalue weighted by atomic mass is 19.1. The van der Waals surface area contributed by atoms with Gasteiger partial charge in [0, 0.05) is 17.6 Å². The van der Waals surface area contributed by atoms with E-state index in [0.717, 1.165) is 6.42 Å². The van der Waals surface area contributed by atoms with Gasteiger partial charge in [0.25, 0.3) is 0 Å². The Bertz CT molecular complexity index is 631. The lowest BCUT2D eigenvalue weighted by Gasteiger charge is -2.06. The molecule has 0 radical (unpaired) electrons. The van der Waals surface area contributed by atoms with Crippen LogP contribution in [0.2, 0.25) is 0 Å². The molecule has 2 aromatic carbocycles. The fourth-order valence-corrected chi connectivity index (χ4v) is 2.37. The number of rotatable bonds is 3. The van der Waals surface area contributed by atoms with Gasteiger partial charge in [-0.15, -0.1) is 0 Å². The topological polar surface area (TPSA) is 35.8 Å². The van der Waals surface area contributed by atoms with Gasteiger partial charge in [-0.1, -0.05) is 30.3 Å². The van der Waals surface area contributed by atoms with Crippen LogP contribution in [0.15, 0.2) is 48.5 Å². The molecular weight excluding hydrogens is 239 g/mol. The fraction of sp³-hybridized carbons (Fsp3) is 0.188. The van der Waals surface area contributed by atoms with Crippen molar-refractivity contribution in [2.75, 3.05) is 5.32 Å². The van der Waals surface area contributed by atoms with E-state index >= 15 is 0 Å². The van der Waals surface area contributed by atoms with E-state index in [9.17, 15) is 4.39 Å². The van der Waals surface area contributed by atoms with Crippen LogP contribution in [0, 0.1) is 17.1 Å². The number of anilines is 1. The average molecular weight is 252 g/mol. The van der Waals surface area contributed by atoms with Crippen molar-refractivity contribution in [1.82, 2.24) is 0 Å². The minimum absolute atomic E-state index is 0.329. The number of nitrogens with one attached hydrogen (secondary N) is 1. The van der Waals surface area contributed by atoms with E-state index in [2.05, 4.69) is 17.4 Å². The van der Waals surface area contributed by atoms with Crippen molar-refractivity contribution in [3.05, 3.63) is 65.5 Å². The SMILES string of the molecule is N#Cc1cc(F)cc(NC2CC2c2ccccc2)c1. The molecule has 94 valence electrons. The van der Waals surface area contributed by atoms with Crippen molar-refractivity contribution in [3.63, 3.8) is 0 Å². The Morgan fingerprint density at radius 1 is 1.16 bits per heavy atom. The molecule has 1 aliphatic carbocycles. The molecule has 2 aromatic rings. The van der Waals surface area contributed by atoms with Crippen LogP contribution in [0.3, 0.4) is 0 Å². The van der Waals surface area contributed by atoms with Crippen LogP contribution < -0.4 is 5.32 Å². The van der Waals surface area contributed by atoms with Gasteiger partial charge in [-0.25, -0.2) is 4.39 Å². The zero-order chi connectivity index (χ0) is 13.2. The van der Waals surface area contributed by atoms with Crippen molar-refractivity contribution >= 4 is 5.69 Å². The van der Waals surface area contributed by atoms with Crippen molar-refractivity contribution in [2.24, 2.45) is 0 Å². The van der Waals surface area contributed by atoms with Crippen molar-refractivity contribution in [2.45, 2.75) is 18.4 Å². The van der Waals surface area contributed by atoms with Crippen molar-refractivity contribution in [1.29, 1.82) is 5.26 Å². The molecule has 3 heteroatoms. The summed E-state index contributed by atoms with van der Waals surface area (Å²) in [6.07, 6.45) is 1.04. The molecule has 1 aliphatic rings. The zero-order valence-electron chi connectivity index (χ0n) is 10.3. The van der Waals surface area contributed by atoms with Crippen LogP contribution >= 0.6 is 0 Å². The second-order valence-corrected chi connectivity index (χ2v) is 4.84. The van der Waals surface area contributed by atoms with Crippen LogP contribution in [-0.2, 0) is 0 Å². The standard InChI is InChI=1S/C16H13FN2/c17-13-6-11(10-18)7-14(8-13)19-16-9-15(16)12-4-2-1-3-5-12/h1-8,15-16,19H,9H2. The number of nitrogens with zero attached hydrogens (tertiary/aromatic N) is 1. The van der Waals surface area contributed by atoms with Gasteiger partial charge in [0.2, 0.25) is 0 Å². The predicted molar refractivity (Wildman–Crippen MR) is 72.3 cm³/mol. The van der Waals surface area contributed by atoms with Gasteiger partial charge in [-0.2, -0.15) is 5.26 Å². The molecule has 1 N–H and O–H groups in total. The first-order chi connectivity index (χ1) is 9.26. The quantitative estimate of drug-likeness (QED) is 0.904. The lowest BCUT2D eigenvalue weighted by atomic mass is 10.1. The molecular formula is C16H13FN2. The molecule has 1 fully saturated rings. The summed E-state index contributed by atoms with van der Waals surface area (Å²) in [5.74, 6) is 0.105. The molecule has 19 heavy (non-hydrogen) atoms. The highest BCUT2D eigenvalue weighted by Gasteiger charge is 2.38. The first kappa shape index (κ1) is 11.7. The predicted octanol–water partition coefficient (Wildman–Crippen LogP) is 3.67. The third kappa shape index (κ3) is 2.58. The average Bonchev–Trinajstić information content (AvgIpc) is 3.18. The summed E-state index contributed by atoms with van der Waals surface area (Å²) < 4.78 is 13.3. The van der Waals surface area contributed by atoms with Crippen LogP contribution in [0.1, 0.15) is 23.5 Å². The van der Waals surface area contributed by atoms with Crippen LogP contribution in [0.5, 0.6) is 0 Å². The monoisotopic (exact) mass is 252 g/mol. The molecule has 3 rings (SSSR count). The minimum atomic E-state index is -0.376. The zero-order valence-corrected chi connectivity index (χ0v) is 10.3. The van der Waals surface area contributed by atoms with E-state index in [-0.39, 0.29) is 5.82 Å². The van der Waals surface area contributed by atoms with Gasteiger partial charge in [0.1, 0.15) is 5.82 Å². The van der Waals surface area contributed by atoms with E-state index in [4.69, 9.17) is 5.26 Å². The molecule has 2 atom stereocenters. The Morgan fingerprint density at radius 2 is 1.95 bits per heavy atom. The fourth-order valence-electron chi connectivity index (χ4n) is 2.37. The van der Waals surface area contributed by atoms with Gasteiger partial charge in [0.05, 0.1) is 11.6 Å². The van der Waals surface area contributed by atoms with E-state index in [0.29, 0.717) is 23.2 Å². The second kappa shape index (κ2) is 4.74. The maximum absolute atomic E-state index is 13.3. The largest absolute Gasteiger partial charge is 0.382 e. The summed E-state index contributed by atoms with van der Waals surface area (Å²) in [5.41, 5.74) is 2.33. The molecule has 1 saturated carbocycles. The van der Waals surface area contributed by atoms with E-state index in [1.54, 1.807) is 6.07 Å². The lowest BCUT2D eigenvalue weighted by molar-refractivity contribution is 0.627. The summed E-state index contributed by atoms with van der Waals surface area (Å²) >= 11 is 0. The normalized spacial score (nSPS) is 20.6. The Kier molecular flexibility index (Phi) is 2.92. The minimum Gasteiger partial charge on any atom is -0.382 e. The molecule has 0 amide bonds. The molecule has 0 spiro atoms. The maximum Gasteiger partial charge on any atom is 0.126 e. The maximum atomic E-state index is 13.3. The van der Waals surface area contributed by atoms with Gasteiger partial charge in [0.15, 0.2) is 0 Å². The first-order valence-corrected chi connectivity index (χ1v) is 6.28. The van der Waals surface area contributed by atoms with Crippen molar-refractivity contribution < 1.29 is 4.39 Å². The number of hydrogen-bond acceptors (Lipinski definition) is 2. The van der Waals surface area contributed by atoms with Crippen LogP contribution in [0.25, 0.3) is 0 Å². The van der Waals surface area contributed by atoms with E-state index in [1.807, 2.05) is 24.3 Å². The molecule has 2 unspecified atom stereocenters. The number of hydrogen-bond donors (Lipinski definition) is 1. The lowest BCUT2D eigenvalue weighted by Crippen LogP contribution is -2.04. The second-order valence-electron chi connectivity index (χ2n) is 4.84. The van der Waals surface area contributed by atoms with Gasteiger partial charge < -0.3 is 5.32 Å². The third-order valence-corrected chi connectivity index (χ3v) is 3.40. The summed E-state index contributed by atoms with van der Waals surface area (Å²) in [4.78, 5) is 0. The Morgan fingerprint density at radius 3 is 2.68 bits per heavy atom. The van der Waals surface area contributed by atoms with Gasteiger partial charge >= 0.3 is 0 Å². The molecule has 0 saturated heterocycles. The number of benzene rings is 2. The van der Waals surface area contributed by atoms with Crippen LogP contribution in [-0.4, -0.2) is 6.04 Å². The van der Waals surface area contributed by atoms with Gasteiger partial charge in [-0.05, 0) is 30.2 Å². The molecule has 0 bridgehead atoms. The third-order valence-electron chi connectivity index (χ3n) is 3.40. The van der Waals surface area contributed by atoms with E-state index in [1.165, 1.54) is 17.7 Å². The Balaban J connectivity index is 1.71. The summed E-state index contributed by atoms with van der Waals surface area (Å²) in [5, 5.41) is 12.1. The number of halogens is 1. The Labute approximate surface area is 111 Å². The summed E-state index contributed by atoms with van der Waals surface area (Å²) in [6, 6.07) is 16.9. The highest BCUT2D eigenvalue weighted by molar-refractivity contribution is 5.52. The summed E-state index contributed by atoms with van der Waals surface area (Å²) in [7, 11) is 0.